The van der Waals surface area contributed by atoms with E-state index >= 15 is 0 Å². The van der Waals surface area contributed by atoms with E-state index in [1.54, 1.807) is 0 Å². The summed E-state index contributed by atoms with van der Waals surface area (Å²) in [6.07, 6.45) is -2.77. The Hall–Kier alpha value is -3.89. The van der Waals surface area contributed by atoms with E-state index in [-0.39, 0.29) is 23.7 Å². The van der Waals surface area contributed by atoms with E-state index in [0.717, 1.165) is 17.0 Å². The van der Waals surface area contributed by atoms with Crippen LogP contribution in [-0.2, 0) is 12.7 Å². The Bertz CT molecular complexity index is 1080. The van der Waals surface area contributed by atoms with E-state index in [0.29, 0.717) is 5.56 Å². The molecule has 0 radical (unpaired) electrons. The molecule has 0 bridgehead atoms. The molecule has 11 heteroatoms. The second-order valence-electron chi connectivity index (χ2n) is 6.25. The molecule has 0 fully saturated rings. The van der Waals surface area contributed by atoms with Crippen LogP contribution in [-0.4, -0.2) is 38.9 Å². The molecule has 2 aromatic heterocycles. The number of alkyl halides is 3. The third kappa shape index (κ3) is 4.74. The van der Waals surface area contributed by atoms with Gasteiger partial charge in [-0.05, 0) is 30.3 Å². The molecule has 1 aromatic carbocycles. The summed E-state index contributed by atoms with van der Waals surface area (Å²) in [5.74, 6) is -0.449. The molecular weight excluding hydrogens is 403 g/mol. The number of hydrogen-bond donors (Lipinski definition) is 2. The van der Waals surface area contributed by atoms with Crippen molar-refractivity contribution in [3.63, 3.8) is 0 Å². The zero-order valence-electron chi connectivity index (χ0n) is 15.6. The summed E-state index contributed by atoms with van der Waals surface area (Å²) in [7, 11) is 1.30. The van der Waals surface area contributed by atoms with Gasteiger partial charge in [0.05, 0.1) is 17.4 Å². The molecule has 8 nitrogen and oxygen atoms in total. The van der Waals surface area contributed by atoms with Gasteiger partial charge in [-0.25, -0.2) is 14.5 Å². The number of anilines is 1. The van der Waals surface area contributed by atoms with Crippen LogP contribution in [0.25, 0.3) is 5.69 Å². The van der Waals surface area contributed by atoms with Crippen LogP contribution in [0.2, 0.25) is 0 Å². The van der Waals surface area contributed by atoms with Crippen LogP contribution in [0.1, 0.15) is 21.6 Å². The molecule has 0 unspecified atom stereocenters. The van der Waals surface area contributed by atoms with Crippen LogP contribution in [0, 0.1) is 0 Å². The first-order valence-electron chi connectivity index (χ1n) is 8.58. The van der Waals surface area contributed by atoms with Gasteiger partial charge in [-0.15, -0.1) is 0 Å². The van der Waals surface area contributed by atoms with Crippen LogP contribution < -0.4 is 10.2 Å². The summed E-state index contributed by atoms with van der Waals surface area (Å²) in [6.45, 7) is 0.0540. The molecule has 2 N–H and O–H groups in total. The number of hydrogen-bond acceptors (Lipinski definition) is 4. The highest BCUT2D eigenvalue weighted by Gasteiger charge is 2.30. The Balaban J connectivity index is 1.68. The third-order valence-corrected chi connectivity index (χ3v) is 4.12. The van der Waals surface area contributed by atoms with Gasteiger partial charge < -0.3 is 10.4 Å². The normalized spacial score (nSPS) is 11.2. The lowest BCUT2D eigenvalue weighted by Gasteiger charge is -2.12. The molecule has 0 saturated carbocycles. The monoisotopic (exact) mass is 419 g/mol. The smallest absolute Gasteiger partial charge is 0.416 e. The Labute approximate surface area is 168 Å². The van der Waals surface area contributed by atoms with Crippen molar-refractivity contribution in [2.75, 3.05) is 11.9 Å². The van der Waals surface area contributed by atoms with Crippen molar-refractivity contribution in [2.24, 2.45) is 0 Å². The van der Waals surface area contributed by atoms with Gasteiger partial charge in [0.1, 0.15) is 11.5 Å². The van der Waals surface area contributed by atoms with Gasteiger partial charge in [-0.3, -0.25) is 9.69 Å². The first kappa shape index (κ1) is 20.8. The number of nitrogens with zero attached hydrogens (tertiary/aromatic N) is 4. The number of halogens is 3. The fourth-order valence-corrected chi connectivity index (χ4v) is 2.52. The lowest BCUT2D eigenvalue weighted by atomic mass is 10.2. The number of pyridine rings is 1. The number of amides is 2. The van der Waals surface area contributed by atoms with Crippen LogP contribution >= 0.6 is 0 Å². The van der Waals surface area contributed by atoms with Gasteiger partial charge in [-0.1, -0.05) is 12.1 Å². The van der Waals surface area contributed by atoms with Crippen molar-refractivity contribution in [1.29, 1.82) is 0 Å². The highest BCUT2D eigenvalue weighted by Crippen LogP contribution is 2.30. The lowest BCUT2D eigenvalue weighted by molar-refractivity contribution is -0.137. The fourth-order valence-electron chi connectivity index (χ4n) is 2.52. The molecule has 0 aliphatic rings. The quantitative estimate of drug-likeness (QED) is 0.661. The zero-order valence-corrected chi connectivity index (χ0v) is 15.6. The van der Waals surface area contributed by atoms with Crippen LogP contribution in [0.15, 0.2) is 54.9 Å². The number of carboxylic acid groups (broad SMARTS) is 1. The van der Waals surface area contributed by atoms with E-state index in [2.05, 4.69) is 15.4 Å². The molecule has 156 valence electrons. The Morgan fingerprint density at radius 3 is 2.63 bits per heavy atom. The largest absolute Gasteiger partial charge is 0.465 e. The van der Waals surface area contributed by atoms with Gasteiger partial charge in [-0.2, -0.15) is 18.3 Å². The summed E-state index contributed by atoms with van der Waals surface area (Å²) in [5.41, 5.74) is 0.0153. The van der Waals surface area contributed by atoms with Gasteiger partial charge in [0.25, 0.3) is 5.91 Å². The fraction of sp³-hybridized carbons (Fsp3) is 0.158. The topological polar surface area (TPSA) is 100 Å². The van der Waals surface area contributed by atoms with E-state index in [4.69, 9.17) is 5.11 Å². The predicted octanol–water partition coefficient (Wildman–Crippen LogP) is 3.33. The number of rotatable bonds is 5. The van der Waals surface area contributed by atoms with Gasteiger partial charge >= 0.3 is 12.3 Å². The van der Waals surface area contributed by atoms with Crippen molar-refractivity contribution in [1.82, 2.24) is 20.1 Å². The molecule has 0 saturated heterocycles. The number of benzene rings is 1. The maximum atomic E-state index is 12.9. The SMILES string of the molecule is CN(C(=O)O)c1cccc(C(=O)NCc2cnn(-c3cccc(C(F)(F)F)c3)c2)n1. The lowest BCUT2D eigenvalue weighted by Crippen LogP contribution is -2.27. The maximum Gasteiger partial charge on any atom is 0.416 e. The Morgan fingerprint density at radius 1 is 1.20 bits per heavy atom. The Kier molecular flexibility index (Phi) is 5.72. The third-order valence-electron chi connectivity index (χ3n) is 4.12. The molecule has 0 aliphatic carbocycles. The highest BCUT2D eigenvalue weighted by molar-refractivity contribution is 5.93. The first-order chi connectivity index (χ1) is 14.1. The molecule has 3 aromatic rings. The van der Waals surface area contributed by atoms with Crippen LogP contribution in [0.5, 0.6) is 0 Å². The average Bonchev–Trinajstić information content (AvgIpc) is 3.20. The molecule has 30 heavy (non-hydrogen) atoms. The van der Waals surface area contributed by atoms with Gasteiger partial charge in [0, 0.05) is 25.4 Å². The molecule has 0 atom stereocenters. The average molecular weight is 419 g/mol. The summed E-state index contributed by atoms with van der Waals surface area (Å²) >= 11 is 0. The van der Waals surface area contributed by atoms with E-state index in [1.165, 1.54) is 54.5 Å². The number of carbonyl (C=O) groups is 2. The first-order valence-corrected chi connectivity index (χ1v) is 8.58. The second kappa shape index (κ2) is 8.23. The van der Waals surface area contributed by atoms with Crippen molar-refractivity contribution in [3.8, 4) is 5.69 Å². The van der Waals surface area contributed by atoms with Crippen molar-refractivity contribution in [3.05, 3.63) is 71.7 Å². The standard InChI is InChI=1S/C19H16F3N5O3/c1-26(18(29)30)16-7-3-6-15(25-16)17(28)23-9-12-10-24-27(11-12)14-5-2-4-13(8-14)19(20,21)22/h2-8,10-11H,9H2,1H3,(H,23,28)(H,29,30). The van der Waals surface area contributed by atoms with E-state index in [9.17, 15) is 22.8 Å². The van der Waals surface area contributed by atoms with Crippen molar-refractivity contribution in [2.45, 2.75) is 12.7 Å². The number of nitrogens with one attached hydrogen (secondary N) is 1. The summed E-state index contributed by atoms with van der Waals surface area (Å²) in [6, 6.07) is 9.10. The van der Waals surface area contributed by atoms with Gasteiger partial charge in [0.15, 0.2) is 0 Å². The van der Waals surface area contributed by atoms with Crippen molar-refractivity contribution < 1.29 is 27.9 Å². The number of carbonyl (C=O) groups excluding carboxylic acids is 1. The minimum Gasteiger partial charge on any atom is -0.465 e. The molecule has 0 spiro atoms. The van der Waals surface area contributed by atoms with Crippen molar-refractivity contribution >= 4 is 17.8 Å². The molecule has 2 amide bonds. The highest BCUT2D eigenvalue weighted by atomic mass is 19.4. The summed E-state index contributed by atoms with van der Waals surface area (Å²) in [4.78, 5) is 28.2. The zero-order chi connectivity index (χ0) is 21.9. The van der Waals surface area contributed by atoms with Gasteiger partial charge in [0.2, 0.25) is 0 Å². The molecule has 0 aliphatic heterocycles. The second-order valence-corrected chi connectivity index (χ2v) is 6.25. The maximum absolute atomic E-state index is 12.9. The molecular formula is C19H16F3N5O3. The number of aromatic nitrogens is 3. The predicted molar refractivity (Wildman–Crippen MR) is 100 cm³/mol. The minimum absolute atomic E-state index is 0.0193. The van der Waals surface area contributed by atoms with E-state index in [1.807, 2.05) is 0 Å². The minimum atomic E-state index is -4.46. The summed E-state index contributed by atoms with van der Waals surface area (Å²) < 4.78 is 39.9. The van der Waals surface area contributed by atoms with Crippen LogP contribution in [0.4, 0.5) is 23.8 Å². The van der Waals surface area contributed by atoms with E-state index < -0.39 is 23.7 Å². The molecule has 2 heterocycles. The van der Waals surface area contributed by atoms with Crippen LogP contribution in [0.3, 0.4) is 0 Å². The summed E-state index contributed by atoms with van der Waals surface area (Å²) in [5, 5.41) is 15.6. The molecule has 3 rings (SSSR count). The Morgan fingerprint density at radius 2 is 1.93 bits per heavy atom.